The second kappa shape index (κ2) is 8.45. The first-order chi connectivity index (χ1) is 11.6. The van der Waals surface area contributed by atoms with Gasteiger partial charge in [0.1, 0.15) is 5.78 Å². The Morgan fingerprint density at radius 2 is 2.04 bits per heavy atom. The topological polar surface area (TPSA) is 23.6 Å². The summed E-state index contributed by atoms with van der Waals surface area (Å²) in [6.45, 7) is 7.12. The monoisotopic (exact) mass is 408 g/mol. The second-order valence-electron chi connectivity index (χ2n) is 6.70. The van der Waals surface area contributed by atoms with Gasteiger partial charge in [0.15, 0.2) is 0 Å². The fraction of sp³-hybridized carbons (Fsp3) is 0.526. The zero-order valence-corrected chi connectivity index (χ0v) is 16.6. The number of hydrogen-bond acceptors (Lipinski definition) is 4. The summed E-state index contributed by atoms with van der Waals surface area (Å²) < 4.78 is 1.21. The number of nitrogens with zero attached hydrogens (tertiary/aromatic N) is 2. The van der Waals surface area contributed by atoms with Crippen LogP contribution in [-0.4, -0.2) is 41.8 Å². The van der Waals surface area contributed by atoms with Gasteiger partial charge in [-0.2, -0.15) is 0 Å². The van der Waals surface area contributed by atoms with E-state index < -0.39 is 0 Å². The number of allylic oxidation sites excluding steroid dienone is 3. The van der Waals surface area contributed by atoms with E-state index >= 15 is 0 Å². The molecule has 0 aromatic carbocycles. The maximum atomic E-state index is 11.4. The van der Waals surface area contributed by atoms with E-state index in [0.29, 0.717) is 12.3 Å². The van der Waals surface area contributed by atoms with E-state index in [9.17, 15) is 4.79 Å². The molecule has 1 aromatic rings. The van der Waals surface area contributed by atoms with Crippen molar-refractivity contribution in [3.05, 3.63) is 44.7 Å². The highest BCUT2D eigenvalue weighted by Crippen LogP contribution is 2.26. The maximum Gasteiger partial charge on any atom is 0.130 e. The van der Waals surface area contributed by atoms with Crippen LogP contribution in [0.4, 0.5) is 0 Å². The van der Waals surface area contributed by atoms with Gasteiger partial charge in [-0.05, 0) is 47.3 Å². The average molecular weight is 409 g/mol. The summed E-state index contributed by atoms with van der Waals surface area (Å²) in [6, 6.07) is 4.35. The van der Waals surface area contributed by atoms with Crippen LogP contribution in [0.3, 0.4) is 0 Å². The Morgan fingerprint density at radius 1 is 1.25 bits per heavy atom. The molecule has 24 heavy (non-hydrogen) atoms. The van der Waals surface area contributed by atoms with Crippen molar-refractivity contribution in [1.29, 1.82) is 0 Å². The van der Waals surface area contributed by atoms with E-state index in [0.717, 1.165) is 45.6 Å². The van der Waals surface area contributed by atoms with Gasteiger partial charge in [0.05, 0.1) is 3.79 Å². The van der Waals surface area contributed by atoms with E-state index in [1.54, 1.807) is 6.92 Å². The molecule has 1 aliphatic heterocycles. The van der Waals surface area contributed by atoms with Crippen LogP contribution in [0.1, 0.15) is 31.1 Å². The van der Waals surface area contributed by atoms with Crippen molar-refractivity contribution in [2.75, 3.05) is 26.2 Å². The summed E-state index contributed by atoms with van der Waals surface area (Å²) in [4.78, 5) is 17.9. The average Bonchev–Trinajstić information content (AvgIpc) is 2.81. The first kappa shape index (κ1) is 17.9. The highest BCUT2D eigenvalue weighted by atomic mass is 79.9. The highest BCUT2D eigenvalue weighted by molar-refractivity contribution is 9.11. The summed E-state index contributed by atoms with van der Waals surface area (Å²) in [7, 11) is 0. The predicted molar refractivity (Wildman–Crippen MR) is 104 cm³/mol. The van der Waals surface area contributed by atoms with Crippen molar-refractivity contribution in [2.24, 2.45) is 5.92 Å². The summed E-state index contributed by atoms with van der Waals surface area (Å²) in [5, 5.41) is 0. The van der Waals surface area contributed by atoms with Gasteiger partial charge < -0.3 is 9.69 Å². The quantitative estimate of drug-likeness (QED) is 0.671. The highest BCUT2D eigenvalue weighted by Gasteiger charge is 2.21. The van der Waals surface area contributed by atoms with Gasteiger partial charge in [-0.3, -0.25) is 4.90 Å². The molecule has 0 bridgehead atoms. The van der Waals surface area contributed by atoms with Crippen molar-refractivity contribution in [1.82, 2.24) is 9.80 Å². The Labute approximate surface area is 157 Å². The lowest BCUT2D eigenvalue weighted by atomic mass is 9.98. The number of Topliss-reactive ketones (excluding diaryl/α,β-unsaturated/α-hetero) is 1. The molecule has 3 nitrogen and oxygen atoms in total. The summed E-state index contributed by atoms with van der Waals surface area (Å²) >= 11 is 5.37. The number of halogens is 1. The van der Waals surface area contributed by atoms with Gasteiger partial charge in [0.25, 0.3) is 0 Å². The molecule has 0 amide bonds. The lowest BCUT2D eigenvalue weighted by molar-refractivity contribution is -0.117. The van der Waals surface area contributed by atoms with Crippen LogP contribution in [0.5, 0.6) is 0 Å². The SMILES string of the molecule is CC(=O)CC1C=C(N2CCN(Cc3ccc(Br)s3)CC2)CC=CC1. The molecule has 0 spiro atoms. The minimum absolute atomic E-state index is 0.290. The fourth-order valence-corrected chi connectivity index (χ4v) is 5.01. The van der Waals surface area contributed by atoms with Crippen molar-refractivity contribution >= 4 is 33.0 Å². The number of ketones is 1. The lowest BCUT2D eigenvalue weighted by Gasteiger charge is -2.37. The third kappa shape index (κ3) is 5.04. The molecule has 2 aliphatic rings. The molecule has 3 rings (SSSR count). The van der Waals surface area contributed by atoms with Crippen LogP contribution in [0.15, 0.2) is 39.8 Å². The number of rotatable bonds is 5. The second-order valence-corrected chi connectivity index (χ2v) is 9.25. The van der Waals surface area contributed by atoms with Gasteiger partial charge in [-0.25, -0.2) is 0 Å². The number of thiophene rings is 1. The van der Waals surface area contributed by atoms with E-state index in [1.807, 2.05) is 11.3 Å². The number of carbonyl (C=O) groups excluding carboxylic acids is 1. The third-order valence-corrected chi connectivity index (χ3v) is 6.31. The summed E-state index contributed by atoms with van der Waals surface area (Å²) in [5.74, 6) is 0.663. The molecule has 0 radical (unpaired) electrons. The molecular weight excluding hydrogens is 384 g/mol. The van der Waals surface area contributed by atoms with Crippen molar-refractivity contribution in [3.63, 3.8) is 0 Å². The van der Waals surface area contributed by atoms with Crippen molar-refractivity contribution < 1.29 is 4.79 Å². The Morgan fingerprint density at radius 3 is 2.71 bits per heavy atom. The molecule has 130 valence electrons. The lowest BCUT2D eigenvalue weighted by Crippen LogP contribution is -2.45. The predicted octanol–water partition coefficient (Wildman–Crippen LogP) is 4.46. The molecule has 0 saturated carbocycles. The zero-order chi connectivity index (χ0) is 16.9. The molecule has 1 fully saturated rings. The van der Waals surface area contributed by atoms with Crippen LogP contribution in [-0.2, 0) is 11.3 Å². The first-order valence-corrected chi connectivity index (χ1v) is 10.3. The van der Waals surface area contributed by atoms with Gasteiger partial charge in [-0.1, -0.05) is 18.2 Å². The van der Waals surface area contributed by atoms with E-state index in [-0.39, 0.29) is 5.78 Å². The maximum absolute atomic E-state index is 11.4. The Balaban J connectivity index is 1.55. The molecule has 1 atom stereocenters. The fourth-order valence-electron chi connectivity index (χ4n) is 3.48. The standard InChI is InChI=1S/C19H25BrN2OS/c1-15(23)12-16-4-2-3-5-17(13-16)22-10-8-21(9-11-22)14-18-6-7-19(20)24-18/h2-3,6-7,13,16H,4-5,8-12,14H2,1H3. The van der Waals surface area contributed by atoms with E-state index in [1.165, 1.54) is 14.4 Å². The number of hydrogen-bond donors (Lipinski definition) is 0. The van der Waals surface area contributed by atoms with E-state index in [2.05, 4.69) is 56.1 Å². The van der Waals surface area contributed by atoms with E-state index in [4.69, 9.17) is 0 Å². The molecule has 1 unspecified atom stereocenters. The first-order valence-electron chi connectivity index (χ1n) is 8.67. The Kier molecular flexibility index (Phi) is 6.31. The molecule has 2 heterocycles. The van der Waals surface area contributed by atoms with Gasteiger partial charge >= 0.3 is 0 Å². The van der Waals surface area contributed by atoms with Gasteiger partial charge in [-0.15, -0.1) is 11.3 Å². The normalized spacial score (nSPS) is 22.3. The summed E-state index contributed by atoms with van der Waals surface area (Å²) in [6.07, 6.45) is 9.53. The molecule has 0 N–H and O–H groups in total. The summed E-state index contributed by atoms with van der Waals surface area (Å²) in [5.41, 5.74) is 1.41. The third-order valence-electron chi connectivity index (χ3n) is 4.70. The minimum atomic E-state index is 0.290. The number of piperazine rings is 1. The molecular formula is C19H25BrN2OS. The van der Waals surface area contributed by atoms with Crippen LogP contribution < -0.4 is 0 Å². The van der Waals surface area contributed by atoms with Gasteiger partial charge in [0.2, 0.25) is 0 Å². The molecule has 1 aliphatic carbocycles. The smallest absolute Gasteiger partial charge is 0.130 e. The van der Waals surface area contributed by atoms with Crippen LogP contribution in [0.2, 0.25) is 0 Å². The van der Waals surface area contributed by atoms with Crippen molar-refractivity contribution in [2.45, 2.75) is 32.7 Å². The Hall–Kier alpha value is -0.910. The number of carbonyl (C=O) groups is 1. The molecule has 1 saturated heterocycles. The van der Waals surface area contributed by atoms with Crippen LogP contribution in [0, 0.1) is 5.92 Å². The van der Waals surface area contributed by atoms with Crippen molar-refractivity contribution in [3.8, 4) is 0 Å². The largest absolute Gasteiger partial charge is 0.372 e. The molecule has 1 aromatic heterocycles. The minimum Gasteiger partial charge on any atom is -0.372 e. The Bertz CT molecular complexity index is 629. The van der Waals surface area contributed by atoms with Gasteiger partial charge in [0, 0.05) is 56.1 Å². The molecule has 5 heteroatoms. The van der Waals surface area contributed by atoms with Crippen LogP contribution >= 0.6 is 27.3 Å². The zero-order valence-electron chi connectivity index (χ0n) is 14.2. The van der Waals surface area contributed by atoms with Crippen LogP contribution in [0.25, 0.3) is 0 Å².